The second-order valence-electron chi connectivity index (χ2n) is 3.94. The Bertz CT molecular complexity index is 283. The molecule has 106 valence electrons. The fourth-order valence-corrected chi connectivity index (χ4v) is 1.37. The standard InChI is InChI=1S/C12H22F2N2O2/c1-2-16-7-9(5-10(14)3-4-13)6-11(15)12(18)8-17/h3,5,11-12,16-18H,2,4,6-8,15H2,1H3/b9-5-,10-3+. The summed E-state index contributed by atoms with van der Waals surface area (Å²) in [5.41, 5.74) is 6.27. The minimum Gasteiger partial charge on any atom is -0.394 e. The lowest BCUT2D eigenvalue weighted by Crippen LogP contribution is -2.38. The third-order valence-corrected chi connectivity index (χ3v) is 2.40. The molecule has 0 amide bonds. The zero-order valence-corrected chi connectivity index (χ0v) is 10.6. The third kappa shape index (κ3) is 7.50. The van der Waals surface area contributed by atoms with E-state index in [1.165, 1.54) is 6.08 Å². The first-order valence-corrected chi connectivity index (χ1v) is 5.91. The molecule has 6 heteroatoms. The number of nitrogens with one attached hydrogen (secondary N) is 1. The van der Waals surface area contributed by atoms with Gasteiger partial charge in [0.25, 0.3) is 0 Å². The van der Waals surface area contributed by atoms with Crippen LogP contribution >= 0.6 is 0 Å². The molecule has 0 heterocycles. The molecule has 5 N–H and O–H groups in total. The van der Waals surface area contributed by atoms with Gasteiger partial charge in [-0.05, 0) is 25.1 Å². The number of nitrogens with two attached hydrogens (primary N) is 1. The largest absolute Gasteiger partial charge is 0.394 e. The fourth-order valence-electron chi connectivity index (χ4n) is 1.37. The first-order valence-electron chi connectivity index (χ1n) is 5.91. The van der Waals surface area contributed by atoms with Gasteiger partial charge in [0.05, 0.1) is 12.7 Å². The van der Waals surface area contributed by atoms with Crippen molar-refractivity contribution >= 4 is 0 Å². The Hall–Kier alpha value is -0.820. The maximum absolute atomic E-state index is 13.2. The molecule has 2 atom stereocenters. The van der Waals surface area contributed by atoms with Gasteiger partial charge in [-0.25, -0.2) is 8.78 Å². The molecule has 0 radical (unpaired) electrons. The van der Waals surface area contributed by atoms with Crippen LogP contribution in [0.3, 0.4) is 0 Å². The summed E-state index contributed by atoms with van der Waals surface area (Å²) in [4.78, 5) is 0. The molecular weight excluding hydrogens is 242 g/mol. The normalized spacial score (nSPS) is 16.8. The summed E-state index contributed by atoms with van der Waals surface area (Å²) in [6.45, 7) is 1.67. The quantitative estimate of drug-likeness (QED) is 0.455. The van der Waals surface area contributed by atoms with Crippen molar-refractivity contribution in [2.75, 3.05) is 26.4 Å². The van der Waals surface area contributed by atoms with Gasteiger partial charge in [0, 0.05) is 12.6 Å². The van der Waals surface area contributed by atoms with E-state index in [0.29, 0.717) is 18.7 Å². The van der Waals surface area contributed by atoms with Gasteiger partial charge in [0.15, 0.2) is 0 Å². The number of likely N-dealkylation sites (N-methyl/N-ethyl adjacent to an activating group) is 1. The number of allylic oxidation sites excluding steroid dienone is 3. The van der Waals surface area contributed by atoms with Crippen molar-refractivity contribution in [3.63, 3.8) is 0 Å². The van der Waals surface area contributed by atoms with E-state index in [-0.39, 0.29) is 6.42 Å². The highest BCUT2D eigenvalue weighted by molar-refractivity contribution is 5.20. The Morgan fingerprint density at radius 2 is 2.17 bits per heavy atom. The summed E-state index contributed by atoms with van der Waals surface area (Å²) in [6, 6.07) is -0.682. The number of hydrogen-bond donors (Lipinski definition) is 4. The fraction of sp³-hybridized carbons (Fsp3) is 0.667. The summed E-state index contributed by atoms with van der Waals surface area (Å²) in [6.07, 6.45) is 1.19. The van der Waals surface area contributed by atoms with Gasteiger partial charge < -0.3 is 21.3 Å². The Labute approximate surface area is 106 Å². The van der Waals surface area contributed by atoms with E-state index in [0.717, 1.165) is 6.08 Å². The average Bonchev–Trinajstić information content (AvgIpc) is 2.34. The van der Waals surface area contributed by atoms with Crippen molar-refractivity contribution in [2.45, 2.75) is 25.5 Å². The van der Waals surface area contributed by atoms with Gasteiger partial charge in [-0.1, -0.05) is 12.5 Å². The van der Waals surface area contributed by atoms with E-state index in [9.17, 15) is 13.9 Å². The van der Waals surface area contributed by atoms with Gasteiger partial charge in [-0.2, -0.15) is 0 Å². The Morgan fingerprint density at radius 3 is 2.67 bits per heavy atom. The minimum atomic E-state index is -1.05. The molecule has 0 aliphatic carbocycles. The van der Waals surface area contributed by atoms with Gasteiger partial charge in [-0.15, -0.1) is 0 Å². The highest BCUT2D eigenvalue weighted by Crippen LogP contribution is 2.11. The van der Waals surface area contributed by atoms with E-state index in [1.807, 2.05) is 6.92 Å². The highest BCUT2D eigenvalue weighted by atomic mass is 19.1. The number of aliphatic hydroxyl groups is 2. The zero-order chi connectivity index (χ0) is 14.0. The first-order chi connectivity index (χ1) is 8.54. The summed E-state index contributed by atoms with van der Waals surface area (Å²) in [7, 11) is 0. The third-order valence-electron chi connectivity index (χ3n) is 2.40. The summed E-state index contributed by atoms with van der Waals surface area (Å²) in [5, 5.41) is 21.1. The molecule has 0 aliphatic heterocycles. The molecule has 0 fully saturated rings. The van der Waals surface area contributed by atoms with E-state index in [2.05, 4.69) is 5.32 Å². The van der Waals surface area contributed by atoms with Crippen LogP contribution in [0.25, 0.3) is 0 Å². The van der Waals surface area contributed by atoms with Crippen LogP contribution in [0.1, 0.15) is 13.3 Å². The van der Waals surface area contributed by atoms with Crippen LogP contribution in [0, 0.1) is 0 Å². The lowest BCUT2D eigenvalue weighted by molar-refractivity contribution is 0.0741. The van der Waals surface area contributed by atoms with E-state index >= 15 is 0 Å². The average molecular weight is 264 g/mol. The van der Waals surface area contributed by atoms with E-state index in [1.54, 1.807) is 0 Å². The second-order valence-corrected chi connectivity index (χ2v) is 3.94. The predicted molar refractivity (Wildman–Crippen MR) is 67.5 cm³/mol. The number of hydrogen-bond acceptors (Lipinski definition) is 4. The van der Waals surface area contributed by atoms with Gasteiger partial charge in [-0.3, -0.25) is 0 Å². The highest BCUT2D eigenvalue weighted by Gasteiger charge is 2.15. The number of halogens is 2. The molecule has 0 spiro atoms. The molecule has 0 saturated carbocycles. The van der Waals surface area contributed by atoms with Crippen LogP contribution in [0.2, 0.25) is 0 Å². The molecule has 0 saturated heterocycles. The van der Waals surface area contributed by atoms with E-state index in [4.69, 9.17) is 10.8 Å². The molecule has 0 aromatic carbocycles. The van der Waals surface area contributed by atoms with Crippen molar-refractivity contribution in [3.05, 3.63) is 23.6 Å². The molecule has 0 aromatic heterocycles. The number of alkyl halides is 1. The van der Waals surface area contributed by atoms with Crippen LogP contribution in [-0.2, 0) is 0 Å². The van der Waals surface area contributed by atoms with Crippen molar-refractivity contribution in [2.24, 2.45) is 5.73 Å². The summed E-state index contributed by atoms with van der Waals surface area (Å²) in [5.74, 6) is -0.670. The first kappa shape index (κ1) is 17.2. The van der Waals surface area contributed by atoms with E-state index < -0.39 is 31.3 Å². The van der Waals surface area contributed by atoms with Gasteiger partial charge >= 0.3 is 0 Å². The lowest BCUT2D eigenvalue weighted by Gasteiger charge is -2.18. The van der Waals surface area contributed by atoms with Crippen molar-refractivity contribution in [1.82, 2.24) is 5.32 Å². The van der Waals surface area contributed by atoms with Crippen molar-refractivity contribution < 1.29 is 19.0 Å². The maximum atomic E-state index is 13.2. The maximum Gasteiger partial charge on any atom is 0.121 e. The molecular formula is C12H22F2N2O2. The van der Waals surface area contributed by atoms with Crippen LogP contribution in [0.4, 0.5) is 8.78 Å². The summed E-state index contributed by atoms with van der Waals surface area (Å²) >= 11 is 0. The van der Waals surface area contributed by atoms with Crippen LogP contribution in [-0.4, -0.2) is 48.7 Å². The van der Waals surface area contributed by atoms with Crippen LogP contribution < -0.4 is 11.1 Å². The molecule has 2 unspecified atom stereocenters. The topological polar surface area (TPSA) is 78.5 Å². The predicted octanol–water partition coefficient (Wildman–Crippen LogP) is 0.416. The molecule has 0 aliphatic rings. The summed E-state index contributed by atoms with van der Waals surface area (Å²) < 4.78 is 25.1. The second kappa shape index (κ2) is 10.1. The monoisotopic (exact) mass is 264 g/mol. The molecule has 18 heavy (non-hydrogen) atoms. The Kier molecular flexibility index (Phi) is 9.67. The SMILES string of the molecule is CCNC/C(=C\C(F)=C/CF)CC(N)C(O)CO. The van der Waals surface area contributed by atoms with Gasteiger partial charge in [0.2, 0.25) is 0 Å². The smallest absolute Gasteiger partial charge is 0.121 e. The van der Waals surface area contributed by atoms with Crippen molar-refractivity contribution in [3.8, 4) is 0 Å². The minimum absolute atomic E-state index is 0.224. The Morgan fingerprint density at radius 1 is 1.50 bits per heavy atom. The molecule has 0 bridgehead atoms. The van der Waals surface area contributed by atoms with Crippen LogP contribution in [0.15, 0.2) is 23.6 Å². The lowest BCUT2D eigenvalue weighted by atomic mass is 10.0. The molecule has 0 aromatic rings. The number of aliphatic hydroxyl groups excluding tert-OH is 2. The molecule has 0 rings (SSSR count). The van der Waals surface area contributed by atoms with Crippen molar-refractivity contribution in [1.29, 1.82) is 0 Å². The zero-order valence-electron chi connectivity index (χ0n) is 10.6. The molecule has 4 nitrogen and oxygen atoms in total. The van der Waals surface area contributed by atoms with Crippen LogP contribution in [0.5, 0.6) is 0 Å². The Balaban J connectivity index is 4.62. The number of rotatable bonds is 9. The van der Waals surface area contributed by atoms with Gasteiger partial charge in [0.1, 0.15) is 12.5 Å².